The lowest BCUT2D eigenvalue weighted by atomic mass is 10.4. The van der Waals surface area contributed by atoms with E-state index in [0.29, 0.717) is 43.3 Å². The van der Waals surface area contributed by atoms with Gasteiger partial charge in [0, 0.05) is 23.3 Å². The largest absolute Gasteiger partial charge is 0.307 e. The van der Waals surface area contributed by atoms with Crippen molar-refractivity contribution >= 4 is 85.5 Å². The van der Waals surface area contributed by atoms with Gasteiger partial charge in [-0.25, -0.2) is 36.8 Å². The van der Waals surface area contributed by atoms with Crippen molar-refractivity contribution in [2.45, 2.75) is 22.3 Å². The second-order valence-electron chi connectivity index (χ2n) is 6.65. The average molecular weight is 549 g/mol. The smallest absolute Gasteiger partial charge is 0.190 e. The Balaban J connectivity index is 1.49. The Kier molecular flexibility index (Phi) is 6.10. The molecular formula is C16H16N6O4S6. The number of aryl methyl sites for hydroxylation is 2. The van der Waals surface area contributed by atoms with E-state index in [0.717, 1.165) is 35.2 Å². The monoisotopic (exact) mass is 548 g/mol. The van der Waals surface area contributed by atoms with Gasteiger partial charge in [0.05, 0.1) is 11.4 Å². The minimum absolute atomic E-state index is 0.225. The first-order valence-electron chi connectivity index (χ1n) is 8.70. The number of thiazole rings is 4. The van der Waals surface area contributed by atoms with Crippen molar-refractivity contribution in [3.63, 3.8) is 0 Å². The molecule has 0 fully saturated rings. The number of aromatic nitrogens is 4. The molecule has 10 nitrogen and oxygen atoms in total. The first kappa shape index (κ1) is 23.2. The van der Waals surface area contributed by atoms with E-state index < -0.39 is 19.7 Å². The molecule has 0 aliphatic carbocycles. The summed E-state index contributed by atoms with van der Waals surface area (Å²) in [4.78, 5) is 17.5. The Labute approximate surface area is 200 Å². The molecule has 2 N–H and O–H groups in total. The fourth-order valence-electron chi connectivity index (χ4n) is 2.64. The van der Waals surface area contributed by atoms with Crippen molar-refractivity contribution in [3.05, 3.63) is 22.1 Å². The molecule has 4 heterocycles. The van der Waals surface area contributed by atoms with Gasteiger partial charge in [0.25, 0.3) is 0 Å². The molecule has 4 aromatic heterocycles. The van der Waals surface area contributed by atoms with Gasteiger partial charge in [-0.1, -0.05) is 22.7 Å². The number of hydrogen-bond acceptors (Lipinski definition) is 14. The van der Waals surface area contributed by atoms with Gasteiger partial charge < -0.3 is 10.6 Å². The van der Waals surface area contributed by atoms with Crippen molar-refractivity contribution in [2.75, 3.05) is 23.1 Å². The minimum atomic E-state index is -3.33. The summed E-state index contributed by atoms with van der Waals surface area (Å²) in [6.45, 7) is 3.30. The van der Waals surface area contributed by atoms with Crippen LogP contribution in [-0.2, 0) is 19.7 Å². The van der Waals surface area contributed by atoms with Gasteiger partial charge in [0.1, 0.15) is 19.8 Å². The number of nitrogens with zero attached hydrogens (tertiary/aromatic N) is 4. The standard InChI is InChI=1S/C16H16N6O4S6/c1-7-11(31(3,23)24)29-15(17-7)21-13-19-9(5-27-13)10-6-28-14(20-10)22-16-18-8(2)12(30-16)32(4,25)26/h5-6H,1-4H3,(H,17,19,21)(H,18,20,22). The molecule has 16 heteroatoms. The number of sulfone groups is 2. The zero-order chi connectivity index (χ0) is 23.3. The summed E-state index contributed by atoms with van der Waals surface area (Å²) < 4.78 is 47.6. The van der Waals surface area contributed by atoms with E-state index in [2.05, 4.69) is 30.6 Å². The van der Waals surface area contributed by atoms with Gasteiger partial charge in [0.2, 0.25) is 0 Å². The molecule has 0 aliphatic heterocycles. The highest BCUT2D eigenvalue weighted by Crippen LogP contribution is 2.34. The third kappa shape index (κ3) is 4.99. The van der Waals surface area contributed by atoms with E-state index in [-0.39, 0.29) is 8.42 Å². The van der Waals surface area contributed by atoms with E-state index in [4.69, 9.17) is 0 Å². The van der Waals surface area contributed by atoms with Gasteiger partial charge in [0.15, 0.2) is 40.2 Å². The van der Waals surface area contributed by atoms with Crippen molar-refractivity contribution in [3.8, 4) is 11.4 Å². The summed E-state index contributed by atoms with van der Waals surface area (Å²) in [5, 5.41) is 11.8. The summed E-state index contributed by atoms with van der Waals surface area (Å²) in [7, 11) is -6.66. The highest BCUT2D eigenvalue weighted by molar-refractivity contribution is 7.93. The molecule has 4 rings (SSSR count). The Morgan fingerprint density at radius 1 is 0.656 bits per heavy atom. The Morgan fingerprint density at radius 2 is 1.03 bits per heavy atom. The molecule has 0 bridgehead atoms. The minimum Gasteiger partial charge on any atom is -0.307 e. The summed E-state index contributed by atoms with van der Waals surface area (Å²) in [5.41, 5.74) is 2.18. The lowest BCUT2D eigenvalue weighted by Crippen LogP contribution is -1.95. The number of nitrogens with one attached hydrogen (secondary N) is 2. The van der Waals surface area contributed by atoms with E-state index in [1.807, 2.05) is 10.8 Å². The van der Waals surface area contributed by atoms with E-state index in [1.165, 1.54) is 22.7 Å². The normalized spacial score (nSPS) is 12.2. The molecule has 0 aromatic carbocycles. The molecule has 170 valence electrons. The maximum absolute atomic E-state index is 11.8. The third-order valence-corrected chi connectivity index (χ3v) is 11.4. The molecule has 0 unspecified atom stereocenters. The molecule has 0 atom stereocenters. The maximum Gasteiger partial charge on any atom is 0.190 e. The van der Waals surface area contributed by atoms with Crippen LogP contribution in [0.5, 0.6) is 0 Å². The van der Waals surface area contributed by atoms with Crippen molar-refractivity contribution in [2.24, 2.45) is 0 Å². The molecule has 0 radical (unpaired) electrons. The molecule has 32 heavy (non-hydrogen) atoms. The van der Waals surface area contributed by atoms with Crippen LogP contribution in [0.15, 0.2) is 19.2 Å². The first-order chi connectivity index (χ1) is 14.9. The summed E-state index contributed by atoms with van der Waals surface area (Å²) >= 11 is 4.81. The molecule has 4 aromatic rings. The highest BCUT2D eigenvalue weighted by Gasteiger charge is 2.19. The fraction of sp³-hybridized carbons (Fsp3) is 0.250. The van der Waals surface area contributed by atoms with Crippen LogP contribution in [0.25, 0.3) is 11.4 Å². The molecule has 0 saturated carbocycles. The Bertz CT molecular complexity index is 1400. The predicted molar refractivity (Wildman–Crippen MR) is 130 cm³/mol. The topological polar surface area (TPSA) is 144 Å². The van der Waals surface area contributed by atoms with Crippen LogP contribution >= 0.6 is 45.3 Å². The lowest BCUT2D eigenvalue weighted by molar-refractivity contribution is 0.601. The highest BCUT2D eigenvalue weighted by atomic mass is 32.2. The summed E-state index contributed by atoms with van der Waals surface area (Å²) in [6, 6.07) is 0. The molecule has 0 amide bonds. The van der Waals surface area contributed by atoms with Gasteiger partial charge in [-0.3, -0.25) is 0 Å². The average Bonchev–Trinajstić information content (AvgIpc) is 3.42. The predicted octanol–water partition coefficient (Wildman–Crippen LogP) is 4.09. The van der Waals surface area contributed by atoms with Crippen LogP contribution in [-0.4, -0.2) is 49.3 Å². The van der Waals surface area contributed by atoms with E-state index >= 15 is 0 Å². The van der Waals surface area contributed by atoms with E-state index in [1.54, 1.807) is 13.8 Å². The number of rotatable bonds is 7. The maximum atomic E-state index is 11.8. The van der Waals surface area contributed by atoms with Gasteiger partial charge in [-0.2, -0.15) is 0 Å². The van der Waals surface area contributed by atoms with Crippen LogP contribution in [0.2, 0.25) is 0 Å². The fourth-order valence-corrected chi connectivity index (χ4v) is 8.42. The van der Waals surface area contributed by atoms with E-state index in [9.17, 15) is 16.8 Å². The summed E-state index contributed by atoms with van der Waals surface area (Å²) in [5.74, 6) is 0. The van der Waals surface area contributed by atoms with Crippen molar-refractivity contribution < 1.29 is 16.8 Å². The Hall–Kier alpha value is -1.98. The number of anilines is 4. The first-order valence-corrected chi connectivity index (χ1v) is 15.9. The van der Waals surface area contributed by atoms with Crippen molar-refractivity contribution in [1.82, 2.24) is 19.9 Å². The third-order valence-electron chi connectivity index (χ3n) is 3.88. The molecular weight excluding hydrogens is 533 g/mol. The van der Waals surface area contributed by atoms with Gasteiger partial charge in [-0.15, -0.1) is 22.7 Å². The number of hydrogen-bond donors (Lipinski definition) is 2. The van der Waals surface area contributed by atoms with Crippen LogP contribution in [0.4, 0.5) is 20.5 Å². The Morgan fingerprint density at radius 3 is 1.34 bits per heavy atom. The summed E-state index contributed by atoms with van der Waals surface area (Å²) in [6.07, 6.45) is 2.31. The SMILES string of the molecule is Cc1nc(Nc2nc(-c3csc(Nc4nc(C)c(S(C)(=O)=O)s4)n3)cs2)sc1S(C)(=O)=O. The second kappa shape index (κ2) is 8.42. The quantitative estimate of drug-likeness (QED) is 0.346. The van der Waals surface area contributed by atoms with Crippen LogP contribution in [0.1, 0.15) is 11.4 Å². The van der Waals surface area contributed by atoms with Crippen LogP contribution < -0.4 is 10.6 Å². The van der Waals surface area contributed by atoms with Gasteiger partial charge in [-0.05, 0) is 13.8 Å². The van der Waals surface area contributed by atoms with Crippen molar-refractivity contribution in [1.29, 1.82) is 0 Å². The van der Waals surface area contributed by atoms with Crippen LogP contribution in [0, 0.1) is 13.8 Å². The zero-order valence-corrected chi connectivity index (χ0v) is 21.9. The zero-order valence-electron chi connectivity index (χ0n) is 17.0. The molecule has 0 spiro atoms. The lowest BCUT2D eigenvalue weighted by Gasteiger charge is -1.96. The molecule has 0 aliphatic rings. The molecule has 0 saturated heterocycles. The second-order valence-corrected chi connectivity index (χ2v) is 14.8. The van der Waals surface area contributed by atoms with Gasteiger partial charge >= 0.3 is 0 Å². The van der Waals surface area contributed by atoms with Crippen LogP contribution in [0.3, 0.4) is 0 Å².